The van der Waals surface area contributed by atoms with Crippen LogP contribution in [-0.2, 0) is 17.8 Å². The van der Waals surface area contributed by atoms with Crippen LogP contribution >= 0.6 is 11.6 Å². The van der Waals surface area contributed by atoms with Gasteiger partial charge in [-0.25, -0.2) is 9.18 Å². The van der Waals surface area contributed by atoms with Gasteiger partial charge in [-0.3, -0.25) is 4.79 Å². The van der Waals surface area contributed by atoms with Crippen LogP contribution in [0.25, 0.3) is 11.0 Å². The maximum absolute atomic E-state index is 13.8. The monoisotopic (exact) mass is 389 g/mol. The smallest absolute Gasteiger partial charge is 0.340 e. The molecule has 5 nitrogen and oxygen atoms in total. The van der Waals surface area contributed by atoms with E-state index in [1.54, 1.807) is 26.0 Å². The lowest BCUT2D eigenvalue weighted by Gasteiger charge is -2.11. The van der Waals surface area contributed by atoms with Crippen LogP contribution in [0.4, 0.5) is 4.39 Å². The maximum atomic E-state index is 13.8. The maximum Gasteiger partial charge on any atom is 0.340 e. The largest absolute Gasteiger partial charge is 0.507 e. The van der Waals surface area contributed by atoms with E-state index in [0.717, 1.165) is 5.56 Å². The molecule has 0 unspecified atom stereocenters. The molecule has 0 aliphatic rings. The quantitative estimate of drug-likeness (QED) is 0.666. The predicted octanol–water partition coefficient (Wildman–Crippen LogP) is 3.77. The summed E-state index contributed by atoms with van der Waals surface area (Å²) in [5.41, 5.74) is 1.13. The van der Waals surface area contributed by atoms with Gasteiger partial charge in [-0.2, -0.15) is 0 Å². The van der Waals surface area contributed by atoms with Crippen molar-refractivity contribution in [3.05, 3.63) is 73.8 Å². The van der Waals surface area contributed by atoms with Crippen molar-refractivity contribution in [3.8, 4) is 5.75 Å². The molecule has 3 rings (SSSR count). The van der Waals surface area contributed by atoms with Crippen LogP contribution in [0.1, 0.15) is 22.3 Å². The third-order valence-corrected chi connectivity index (χ3v) is 4.72. The van der Waals surface area contributed by atoms with Crippen molar-refractivity contribution in [1.82, 2.24) is 5.32 Å². The molecule has 1 amide bonds. The highest BCUT2D eigenvalue weighted by molar-refractivity contribution is 6.31. The van der Waals surface area contributed by atoms with Crippen molar-refractivity contribution >= 4 is 28.5 Å². The zero-order valence-corrected chi connectivity index (χ0v) is 15.5. The number of hydrogen-bond donors (Lipinski definition) is 2. The van der Waals surface area contributed by atoms with Crippen LogP contribution in [0.15, 0.2) is 39.5 Å². The molecule has 7 heteroatoms. The number of carbonyl (C=O) groups excluding carboxylic acids is 1. The number of amides is 1. The van der Waals surface area contributed by atoms with Crippen molar-refractivity contribution in [2.24, 2.45) is 0 Å². The molecule has 1 heterocycles. The van der Waals surface area contributed by atoms with Gasteiger partial charge in [0.1, 0.15) is 17.1 Å². The molecule has 3 aromatic rings. The number of carbonyl (C=O) groups is 1. The number of nitrogens with one attached hydrogen (secondary N) is 1. The lowest BCUT2D eigenvalue weighted by molar-refractivity contribution is -0.120. The average Bonchev–Trinajstić information content (AvgIpc) is 2.57. The predicted molar refractivity (Wildman–Crippen MR) is 101 cm³/mol. The second-order valence-electron chi connectivity index (χ2n) is 6.30. The summed E-state index contributed by atoms with van der Waals surface area (Å²) in [6.45, 7) is 3.31. The lowest BCUT2D eigenvalue weighted by Crippen LogP contribution is -2.28. The number of phenols is 1. The Bertz CT molecular complexity index is 1090. The molecule has 0 atom stereocenters. The van der Waals surface area contributed by atoms with E-state index in [0.29, 0.717) is 10.9 Å². The molecule has 2 aromatic carbocycles. The minimum absolute atomic E-state index is 0.0222. The number of halogens is 2. The van der Waals surface area contributed by atoms with Crippen LogP contribution in [0.3, 0.4) is 0 Å². The standard InChI is InChI=1S/C20H17ClFNO4/c1-10-6-16(24)19-11(2)12(20(26)27-17(19)7-10)8-18(25)23-9-13-14(21)4-3-5-15(13)22/h3-7,24H,8-9H2,1-2H3,(H,23,25). The Hall–Kier alpha value is -2.86. The van der Waals surface area contributed by atoms with E-state index in [9.17, 15) is 19.1 Å². The summed E-state index contributed by atoms with van der Waals surface area (Å²) in [6.07, 6.45) is -0.260. The van der Waals surface area contributed by atoms with E-state index < -0.39 is 17.3 Å². The van der Waals surface area contributed by atoms with E-state index in [-0.39, 0.29) is 40.4 Å². The Labute approximate surface area is 159 Å². The van der Waals surface area contributed by atoms with Gasteiger partial charge in [0.05, 0.1) is 17.4 Å². The lowest BCUT2D eigenvalue weighted by atomic mass is 10.0. The molecule has 0 radical (unpaired) electrons. The van der Waals surface area contributed by atoms with Gasteiger partial charge < -0.3 is 14.8 Å². The third-order valence-electron chi connectivity index (χ3n) is 4.36. The van der Waals surface area contributed by atoms with Gasteiger partial charge in [0.2, 0.25) is 5.91 Å². The zero-order chi connectivity index (χ0) is 19.7. The Kier molecular flexibility index (Phi) is 5.19. The minimum atomic E-state index is -0.649. The van der Waals surface area contributed by atoms with Gasteiger partial charge in [-0.1, -0.05) is 17.7 Å². The van der Waals surface area contributed by atoms with Gasteiger partial charge in [0, 0.05) is 17.1 Å². The molecule has 0 bridgehead atoms. The van der Waals surface area contributed by atoms with Crippen LogP contribution in [0, 0.1) is 19.7 Å². The van der Waals surface area contributed by atoms with Crippen molar-refractivity contribution in [3.63, 3.8) is 0 Å². The second-order valence-corrected chi connectivity index (χ2v) is 6.71. The number of hydrogen-bond acceptors (Lipinski definition) is 4. The molecular weight excluding hydrogens is 373 g/mol. The number of rotatable bonds is 4. The molecule has 0 aliphatic carbocycles. The fourth-order valence-electron chi connectivity index (χ4n) is 2.97. The Morgan fingerprint density at radius 1 is 1.26 bits per heavy atom. The molecule has 1 aromatic heterocycles. The molecular formula is C20H17ClFNO4. The summed E-state index contributed by atoms with van der Waals surface area (Å²) < 4.78 is 19.0. The first-order chi connectivity index (χ1) is 12.8. The normalized spacial score (nSPS) is 11.0. The summed E-state index contributed by atoms with van der Waals surface area (Å²) in [6, 6.07) is 7.45. The molecule has 27 heavy (non-hydrogen) atoms. The van der Waals surface area contributed by atoms with Crippen molar-refractivity contribution < 1.29 is 18.7 Å². The Morgan fingerprint density at radius 3 is 2.70 bits per heavy atom. The van der Waals surface area contributed by atoms with Crippen LogP contribution < -0.4 is 10.9 Å². The van der Waals surface area contributed by atoms with Gasteiger partial charge >= 0.3 is 5.63 Å². The summed E-state index contributed by atoms with van der Waals surface area (Å²) in [7, 11) is 0. The number of benzene rings is 2. The fraction of sp³-hybridized carbons (Fsp3) is 0.200. The topological polar surface area (TPSA) is 79.5 Å². The molecule has 140 valence electrons. The first kappa shape index (κ1) is 18.9. The van der Waals surface area contributed by atoms with E-state index in [1.165, 1.54) is 18.2 Å². The van der Waals surface area contributed by atoms with Crippen molar-refractivity contribution in [2.75, 3.05) is 0 Å². The Balaban J connectivity index is 1.86. The molecule has 2 N–H and O–H groups in total. The van der Waals surface area contributed by atoms with Crippen LogP contribution in [0.2, 0.25) is 5.02 Å². The molecule has 0 saturated carbocycles. The summed E-state index contributed by atoms with van der Waals surface area (Å²) >= 11 is 5.94. The molecule has 0 saturated heterocycles. The summed E-state index contributed by atoms with van der Waals surface area (Å²) in [4.78, 5) is 24.6. The van der Waals surface area contributed by atoms with E-state index in [4.69, 9.17) is 16.0 Å². The van der Waals surface area contributed by atoms with Crippen LogP contribution in [0.5, 0.6) is 5.75 Å². The highest BCUT2D eigenvalue weighted by Crippen LogP contribution is 2.30. The first-order valence-electron chi connectivity index (χ1n) is 8.23. The number of aryl methyl sites for hydroxylation is 2. The molecule has 0 spiro atoms. The van der Waals surface area contributed by atoms with Gasteiger partial charge in [0.15, 0.2) is 0 Å². The summed E-state index contributed by atoms with van der Waals surface area (Å²) in [5.74, 6) is -1.04. The number of phenolic OH excluding ortho intramolecular Hbond substituents is 1. The van der Waals surface area contributed by atoms with E-state index in [2.05, 4.69) is 5.32 Å². The van der Waals surface area contributed by atoms with Gasteiger partial charge in [0.25, 0.3) is 0 Å². The average molecular weight is 390 g/mol. The van der Waals surface area contributed by atoms with Crippen LogP contribution in [-0.4, -0.2) is 11.0 Å². The first-order valence-corrected chi connectivity index (χ1v) is 8.61. The Morgan fingerprint density at radius 2 is 2.00 bits per heavy atom. The van der Waals surface area contributed by atoms with E-state index >= 15 is 0 Å². The van der Waals surface area contributed by atoms with Gasteiger partial charge in [-0.15, -0.1) is 0 Å². The third kappa shape index (κ3) is 3.80. The molecule has 0 aliphatic heterocycles. The number of aromatic hydroxyl groups is 1. The second kappa shape index (κ2) is 7.40. The minimum Gasteiger partial charge on any atom is -0.507 e. The summed E-state index contributed by atoms with van der Waals surface area (Å²) in [5, 5.41) is 13.3. The van der Waals surface area contributed by atoms with Crippen molar-refractivity contribution in [1.29, 1.82) is 0 Å². The van der Waals surface area contributed by atoms with E-state index in [1.807, 2.05) is 0 Å². The van der Waals surface area contributed by atoms with Gasteiger partial charge in [-0.05, 0) is 49.2 Å². The fourth-order valence-corrected chi connectivity index (χ4v) is 3.20. The zero-order valence-electron chi connectivity index (χ0n) is 14.7. The SMILES string of the molecule is Cc1cc(O)c2c(C)c(CC(=O)NCc3c(F)cccc3Cl)c(=O)oc2c1. The highest BCUT2D eigenvalue weighted by Gasteiger charge is 2.18. The van der Waals surface area contributed by atoms with Crippen molar-refractivity contribution in [2.45, 2.75) is 26.8 Å². The highest BCUT2D eigenvalue weighted by atomic mass is 35.5. The molecule has 0 fully saturated rings. The number of fused-ring (bicyclic) bond motifs is 1.